The van der Waals surface area contributed by atoms with Gasteiger partial charge in [0.1, 0.15) is 5.69 Å². The van der Waals surface area contributed by atoms with Crippen LogP contribution in [0.5, 0.6) is 0 Å². The number of hydrazone groups is 1. The molecule has 11 heteroatoms. The molecular formula is C22H15BrF3N5OS. The number of amides is 1. The highest BCUT2D eigenvalue weighted by Crippen LogP contribution is 2.34. The molecule has 6 nitrogen and oxygen atoms in total. The number of thiazole rings is 1. The molecule has 0 spiro atoms. The van der Waals surface area contributed by atoms with Crippen LogP contribution in [0.25, 0.3) is 16.4 Å². The minimum atomic E-state index is -4.65. The van der Waals surface area contributed by atoms with E-state index in [0.717, 1.165) is 27.4 Å². The van der Waals surface area contributed by atoms with Crippen LogP contribution in [-0.4, -0.2) is 26.4 Å². The molecule has 0 saturated heterocycles. The van der Waals surface area contributed by atoms with Gasteiger partial charge in [-0.2, -0.15) is 23.4 Å². The van der Waals surface area contributed by atoms with Crippen LogP contribution in [0.4, 0.5) is 13.2 Å². The Labute approximate surface area is 198 Å². The van der Waals surface area contributed by atoms with E-state index in [0.29, 0.717) is 16.0 Å². The van der Waals surface area contributed by atoms with Gasteiger partial charge in [-0.15, -0.1) is 11.3 Å². The molecule has 0 saturated carbocycles. The molecule has 0 radical (unpaired) electrons. The molecule has 0 bridgehead atoms. The van der Waals surface area contributed by atoms with Gasteiger partial charge < -0.3 is 0 Å². The molecule has 0 aliphatic heterocycles. The van der Waals surface area contributed by atoms with Crippen molar-refractivity contribution >= 4 is 38.9 Å². The fraction of sp³-hybridized carbons (Fsp3) is 0.0909. The average molecular weight is 534 g/mol. The second kappa shape index (κ2) is 9.28. The number of aromatic nitrogens is 3. The third kappa shape index (κ3) is 5.20. The molecule has 0 unspecified atom stereocenters. The van der Waals surface area contributed by atoms with Gasteiger partial charge in [0.15, 0.2) is 5.69 Å². The van der Waals surface area contributed by atoms with Crippen molar-refractivity contribution in [1.29, 1.82) is 0 Å². The van der Waals surface area contributed by atoms with Crippen LogP contribution in [0.2, 0.25) is 0 Å². The number of rotatable bonds is 5. The summed E-state index contributed by atoms with van der Waals surface area (Å²) in [6, 6.07) is 16.8. The summed E-state index contributed by atoms with van der Waals surface area (Å²) in [5.74, 6) is -0.641. The number of benzene rings is 2. The summed E-state index contributed by atoms with van der Waals surface area (Å²) in [6.45, 7) is 1.72. The highest BCUT2D eigenvalue weighted by atomic mass is 79.9. The SMILES string of the molecule is C/C(=N\NC(=O)c1csc(-n2nc(-c3ccccc3)cc2C(F)(F)F)n1)c1ccc(Br)cc1. The summed E-state index contributed by atoms with van der Waals surface area (Å²) in [7, 11) is 0. The van der Waals surface area contributed by atoms with Gasteiger partial charge in [-0.25, -0.2) is 15.1 Å². The Morgan fingerprint density at radius 2 is 1.82 bits per heavy atom. The predicted molar refractivity (Wildman–Crippen MR) is 123 cm³/mol. The quantitative estimate of drug-likeness (QED) is 0.255. The summed E-state index contributed by atoms with van der Waals surface area (Å²) >= 11 is 4.22. The normalized spacial score (nSPS) is 12.1. The maximum absolute atomic E-state index is 13.6. The van der Waals surface area contributed by atoms with E-state index in [1.165, 1.54) is 5.38 Å². The van der Waals surface area contributed by atoms with Gasteiger partial charge in [0.25, 0.3) is 5.91 Å². The Kier molecular flexibility index (Phi) is 6.43. The molecule has 168 valence electrons. The van der Waals surface area contributed by atoms with E-state index >= 15 is 0 Å². The molecule has 1 N–H and O–H groups in total. The fourth-order valence-corrected chi connectivity index (χ4v) is 3.92. The maximum atomic E-state index is 13.6. The van der Waals surface area contributed by atoms with Gasteiger partial charge in [0.2, 0.25) is 5.13 Å². The zero-order chi connectivity index (χ0) is 23.6. The van der Waals surface area contributed by atoms with Crippen LogP contribution in [0.1, 0.15) is 28.7 Å². The second-order valence-electron chi connectivity index (χ2n) is 6.85. The second-order valence-corrected chi connectivity index (χ2v) is 8.60. The standard InChI is InChI=1S/C22H15BrF3N5OS/c1-13(14-7-9-16(23)10-8-14)28-29-20(32)18-12-33-21(27-18)31-19(22(24,25)26)11-17(30-31)15-5-3-2-4-6-15/h2-12H,1H3,(H,29,32)/b28-13+. The van der Waals surface area contributed by atoms with Crippen molar-refractivity contribution in [3.05, 3.63) is 87.5 Å². The molecule has 4 aromatic rings. The van der Waals surface area contributed by atoms with Gasteiger partial charge >= 0.3 is 6.18 Å². The monoisotopic (exact) mass is 533 g/mol. The van der Waals surface area contributed by atoms with E-state index in [4.69, 9.17) is 0 Å². The molecule has 0 fully saturated rings. The number of nitrogens with zero attached hydrogens (tertiary/aromatic N) is 4. The first-order valence-corrected chi connectivity index (χ1v) is 11.2. The minimum absolute atomic E-state index is 0.0627. The molecule has 1 amide bonds. The number of halogens is 4. The van der Waals surface area contributed by atoms with E-state index in [9.17, 15) is 18.0 Å². The van der Waals surface area contributed by atoms with Crippen LogP contribution in [-0.2, 0) is 6.18 Å². The van der Waals surface area contributed by atoms with Gasteiger partial charge in [0.05, 0.1) is 11.4 Å². The van der Waals surface area contributed by atoms with Crippen LogP contribution >= 0.6 is 27.3 Å². The van der Waals surface area contributed by atoms with Crippen molar-refractivity contribution < 1.29 is 18.0 Å². The van der Waals surface area contributed by atoms with Crippen molar-refractivity contribution in [2.24, 2.45) is 5.10 Å². The number of carbonyl (C=O) groups excluding carboxylic acids is 1. The molecule has 0 atom stereocenters. The fourth-order valence-electron chi connectivity index (χ4n) is 2.89. The molecule has 2 aromatic carbocycles. The number of nitrogens with one attached hydrogen (secondary N) is 1. The summed E-state index contributed by atoms with van der Waals surface area (Å²) in [4.78, 5) is 16.5. The molecule has 2 aromatic heterocycles. The largest absolute Gasteiger partial charge is 0.433 e. The van der Waals surface area contributed by atoms with Crippen molar-refractivity contribution in [1.82, 2.24) is 20.2 Å². The Bertz CT molecular complexity index is 1310. The van der Waals surface area contributed by atoms with Crippen molar-refractivity contribution in [3.63, 3.8) is 0 Å². The van der Waals surface area contributed by atoms with Crippen molar-refractivity contribution in [3.8, 4) is 16.4 Å². The van der Waals surface area contributed by atoms with Gasteiger partial charge in [0, 0.05) is 15.4 Å². The lowest BCUT2D eigenvalue weighted by Crippen LogP contribution is -2.20. The minimum Gasteiger partial charge on any atom is -0.266 e. The van der Waals surface area contributed by atoms with Crippen LogP contribution in [0.3, 0.4) is 0 Å². The van der Waals surface area contributed by atoms with E-state index < -0.39 is 17.8 Å². The number of hydrogen-bond acceptors (Lipinski definition) is 5. The van der Waals surface area contributed by atoms with Crippen LogP contribution in [0, 0.1) is 0 Å². The van der Waals surface area contributed by atoms with Gasteiger partial charge in [-0.1, -0.05) is 58.4 Å². The molecule has 0 aliphatic rings. The summed E-state index contributed by atoms with van der Waals surface area (Å²) < 4.78 is 42.5. The maximum Gasteiger partial charge on any atom is 0.433 e. The van der Waals surface area contributed by atoms with E-state index in [2.05, 4.69) is 36.5 Å². The molecule has 0 aliphatic carbocycles. The zero-order valence-electron chi connectivity index (χ0n) is 17.0. The lowest BCUT2D eigenvalue weighted by molar-refractivity contribution is -0.142. The smallest absolute Gasteiger partial charge is 0.266 e. The molecular weight excluding hydrogens is 519 g/mol. The highest BCUT2D eigenvalue weighted by Gasteiger charge is 2.37. The zero-order valence-corrected chi connectivity index (χ0v) is 19.4. The molecule has 33 heavy (non-hydrogen) atoms. The third-order valence-corrected chi connectivity index (χ3v) is 5.91. The molecule has 2 heterocycles. The first kappa shape index (κ1) is 22.9. The Hall–Kier alpha value is -3.31. The number of alkyl halides is 3. The Balaban J connectivity index is 1.59. The first-order valence-electron chi connectivity index (χ1n) is 9.51. The van der Waals surface area contributed by atoms with Gasteiger partial charge in [-0.05, 0) is 30.7 Å². The van der Waals surface area contributed by atoms with E-state index in [1.54, 1.807) is 37.3 Å². The predicted octanol–water partition coefficient (Wildman–Crippen LogP) is 5.93. The number of carbonyl (C=O) groups is 1. The van der Waals surface area contributed by atoms with Gasteiger partial charge in [-0.3, -0.25) is 4.79 Å². The Morgan fingerprint density at radius 3 is 2.48 bits per heavy atom. The average Bonchev–Trinajstić information content (AvgIpc) is 3.46. The van der Waals surface area contributed by atoms with E-state index in [1.807, 2.05) is 24.3 Å². The highest BCUT2D eigenvalue weighted by molar-refractivity contribution is 9.10. The van der Waals surface area contributed by atoms with Crippen LogP contribution in [0.15, 0.2) is 75.6 Å². The lowest BCUT2D eigenvalue weighted by Gasteiger charge is -2.07. The van der Waals surface area contributed by atoms with Crippen molar-refractivity contribution in [2.75, 3.05) is 0 Å². The van der Waals surface area contributed by atoms with Crippen molar-refractivity contribution in [2.45, 2.75) is 13.1 Å². The lowest BCUT2D eigenvalue weighted by atomic mass is 10.1. The molecule has 4 rings (SSSR count). The summed E-state index contributed by atoms with van der Waals surface area (Å²) in [6.07, 6.45) is -4.65. The van der Waals surface area contributed by atoms with Crippen LogP contribution < -0.4 is 5.43 Å². The summed E-state index contributed by atoms with van der Waals surface area (Å²) in [5.41, 5.74) is 3.39. The number of hydrogen-bond donors (Lipinski definition) is 1. The topological polar surface area (TPSA) is 72.2 Å². The Morgan fingerprint density at radius 1 is 1.12 bits per heavy atom. The first-order chi connectivity index (χ1) is 15.7. The van der Waals surface area contributed by atoms with E-state index in [-0.39, 0.29) is 16.5 Å². The third-order valence-electron chi connectivity index (χ3n) is 4.56. The summed E-state index contributed by atoms with van der Waals surface area (Å²) in [5, 5.41) is 9.42.